The van der Waals surface area contributed by atoms with Crippen molar-refractivity contribution in [3.8, 4) is 0 Å². The molecule has 1 aromatic carbocycles. The number of rotatable bonds is 2. The van der Waals surface area contributed by atoms with Gasteiger partial charge in [-0.2, -0.15) is 0 Å². The van der Waals surface area contributed by atoms with Crippen LogP contribution < -0.4 is 5.32 Å². The van der Waals surface area contributed by atoms with E-state index in [0.717, 1.165) is 3.57 Å². The molecule has 18 heavy (non-hydrogen) atoms. The van der Waals surface area contributed by atoms with Crippen LogP contribution in [-0.2, 0) is 0 Å². The van der Waals surface area contributed by atoms with Crippen LogP contribution in [0.4, 0.5) is 4.79 Å². The van der Waals surface area contributed by atoms with Crippen LogP contribution in [0.25, 0.3) is 0 Å². The van der Waals surface area contributed by atoms with Crippen molar-refractivity contribution < 1.29 is 14.7 Å². The normalized spacial score (nSPS) is 18.7. The average Bonchev–Trinajstić information content (AvgIpc) is 2.78. The SMILES string of the molecule is O=C(N[C@@H]1CCN(C(=O)O)C1)c1ccc(I)cc1. The second-order valence-electron chi connectivity index (χ2n) is 4.19. The molecule has 1 atom stereocenters. The summed E-state index contributed by atoms with van der Waals surface area (Å²) < 4.78 is 1.07. The lowest BCUT2D eigenvalue weighted by atomic mass is 10.2. The summed E-state index contributed by atoms with van der Waals surface area (Å²) in [5.41, 5.74) is 0.601. The third-order valence-corrected chi connectivity index (χ3v) is 3.62. The van der Waals surface area contributed by atoms with Gasteiger partial charge in [-0.05, 0) is 53.3 Å². The fourth-order valence-electron chi connectivity index (χ4n) is 1.92. The van der Waals surface area contributed by atoms with Crippen molar-refractivity contribution >= 4 is 34.6 Å². The monoisotopic (exact) mass is 360 g/mol. The zero-order valence-electron chi connectivity index (χ0n) is 9.60. The lowest BCUT2D eigenvalue weighted by Crippen LogP contribution is -2.38. The average molecular weight is 360 g/mol. The van der Waals surface area contributed by atoms with Crippen molar-refractivity contribution in [2.24, 2.45) is 0 Å². The van der Waals surface area contributed by atoms with Gasteiger partial charge in [0.05, 0.1) is 0 Å². The highest BCUT2D eigenvalue weighted by Gasteiger charge is 2.27. The maximum atomic E-state index is 11.9. The lowest BCUT2D eigenvalue weighted by Gasteiger charge is -2.13. The van der Waals surface area contributed by atoms with E-state index in [0.29, 0.717) is 25.1 Å². The topological polar surface area (TPSA) is 69.6 Å². The molecule has 96 valence electrons. The highest BCUT2D eigenvalue weighted by atomic mass is 127. The molecule has 0 radical (unpaired) electrons. The number of hydrogen-bond acceptors (Lipinski definition) is 2. The molecule has 1 fully saturated rings. The molecule has 0 aromatic heterocycles. The molecular weight excluding hydrogens is 347 g/mol. The maximum Gasteiger partial charge on any atom is 0.407 e. The van der Waals surface area contributed by atoms with Gasteiger partial charge in [0.1, 0.15) is 0 Å². The van der Waals surface area contributed by atoms with Crippen LogP contribution in [0, 0.1) is 3.57 Å². The third-order valence-electron chi connectivity index (χ3n) is 2.90. The summed E-state index contributed by atoms with van der Waals surface area (Å²) >= 11 is 2.18. The standard InChI is InChI=1S/C12H13IN2O3/c13-9-3-1-8(2-4-9)11(16)14-10-5-6-15(7-10)12(17)18/h1-4,10H,5-7H2,(H,14,16)(H,17,18)/t10-/m1/s1. The van der Waals surface area contributed by atoms with Gasteiger partial charge in [0.15, 0.2) is 0 Å². The van der Waals surface area contributed by atoms with Crippen molar-refractivity contribution in [1.82, 2.24) is 10.2 Å². The van der Waals surface area contributed by atoms with Crippen LogP contribution in [0.3, 0.4) is 0 Å². The summed E-state index contributed by atoms with van der Waals surface area (Å²) in [6.07, 6.45) is -0.261. The number of carboxylic acid groups (broad SMARTS) is 1. The molecule has 6 heteroatoms. The number of hydrogen-bond donors (Lipinski definition) is 2. The van der Waals surface area contributed by atoms with Crippen molar-refractivity contribution in [1.29, 1.82) is 0 Å². The largest absolute Gasteiger partial charge is 0.465 e. The van der Waals surface area contributed by atoms with Gasteiger partial charge in [0, 0.05) is 28.3 Å². The van der Waals surface area contributed by atoms with Crippen LogP contribution in [0.2, 0.25) is 0 Å². The molecule has 0 unspecified atom stereocenters. The molecule has 1 heterocycles. The molecule has 2 rings (SSSR count). The number of halogens is 1. The molecule has 2 N–H and O–H groups in total. The van der Waals surface area contributed by atoms with Crippen molar-refractivity contribution in [3.63, 3.8) is 0 Å². The van der Waals surface area contributed by atoms with Gasteiger partial charge in [0.25, 0.3) is 5.91 Å². The molecule has 2 amide bonds. The Hall–Kier alpha value is -1.31. The summed E-state index contributed by atoms with van der Waals surface area (Å²) in [5, 5.41) is 11.7. The van der Waals surface area contributed by atoms with E-state index in [-0.39, 0.29) is 11.9 Å². The first-order valence-electron chi connectivity index (χ1n) is 5.60. The number of amides is 2. The number of nitrogens with one attached hydrogen (secondary N) is 1. The van der Waals surface area contributed by atoms with Gasteiger partial charge in [0.2, 0.25) is 0 Å². The molecule has 0 saturated carbocycles. The van der Waals surface area contributed by atoms with E-state index in [1.165, 1.54) is 4.90 Å². The number of nitrogens with zero attached hydrogens (tertiary/aromatic N) is 1. The number of likely N-dealkylation sites (tertiary alicyclic amines) is 1. The number of carbonyl (C=O) groups is 2. The second-order valence-corrected chi connectivity index (χ2v) is 5.44. The van der Waals surface area contributed by atoms with E-state index >= 15 is 0 Å². The van der Waals surface area contributed by atoms with Crippen LogP contribution in [-0.4, -0.2) is 41.1 Å². The Morgan fingerprint density at radius 3 is 2.56 bits per heavy atom. The van der Waals surface area contributed by atoms with Crippen LogP contribution >= 0.6 is 22.6 Å². The Morgan fingerprint density at radius 2 is 2.00 bits per heavy atom. The van der Waals surface area contributed by atoms with Crippen molar-refractivity contribution in [2.75, 3.05) is 13.1 Å². The molecular formula is C12H13IN2O3. The summed E-state index contributed by atoms with van der Waals surface area (Å²) in [6.45, 7) is 0.846. The molecule has 1 saturated heterocycles. The van der Waals surface area contributed by atoms with Gasteiger partial charge in [-0.1, -0.05) is 0 Å². The zero-order valence-corrected chi connectivity index (χ0v) is 11.8. The Kier molecular flexibility index (Phi) is 4.05. The van der Waals surface area contributed by atoms with E-state index in [1.807, 2.05) is 12.1 Å². The summed E-state index contributed by atoms with van der Waals surface area (Å²) in [7, 11) is 0. The minimum absolute atomic E-state index is 0.0899. The minimum Gasteiger partial charge on any atom is -0.465 e. The molecule has 0 spiro atoms. The predicted octanol–water partition coefficient (Wildman–Crippen LogP) is 1.77. The molecule has 1 aliphatic heterocycles. The van der Waals surface area contributed by atoms with Gasteiger partial charge < -0.3 is 15.3 Å². The van der Waals surface area contributed by atoms with Gasteiger partial charge >= 0.3 is 6.09 Å². The Balaban J connectivity index is 1.92. The van der Waals surface area contributed by atoms with E-state index < -0.39 is 6.09 Å². The maximum absolute atomic E-state index is 11.9. The first kappa shape index (κ1) is 13.1. The lowest BCUT2D eigenvalue weighted by molar-refractivity contribution is 0.0936. The summed E-state index contributed by atoms with van der Waals surface area (Å²) in [6, 6.07) is 7.18. The first-order chi connectivity index (χ1) is 8.56. The summed E-state index contributed by atoms with van der Waals surface area (Å²) in [5.74, 6) is -0.149. The zero-order chi connectivity index (χ0) is 13.1. The predicted molar refractivity (Wildman–Crippen MR) is 74.6 cm³/mol. The Bertz CT molecular complexity index is 461. The smallest absolute Gasteiger partial charge is 0.407 e. The van der Waals surface area contributed by atoms with E-state index in [2.05, 4.69) is 27.9 Å². The van der Waals surface area contributed by atoms with Crippen molar-refractivity contribution in [3.05, 3.63) is 33.4 Å². The van der Waals surface area contributed by atoms with E-state index in [1.54, 1.807) is 12.1 Å². The van der Waals surface area contributed by atoms with Crippen LogP contribution in [0.1, 0.15) is 16.8 Å². The number of benzene rings is 1. The third kappa shape index (κ3) is 3.12. The fraction of sp³-hybridized carbons (Fsp3) is 0.333. The van der Waals surface area contributed by atoms with E-state index in [4.69, 9.17) is 5.11 Å². The van der Waals surface area contributed by atoms with Gasteiger partial charge in [-0.3, -0.25) is 4.79 Å². The molecule has 0 aliphatic carbocycles. The minimum atomic E-state index is -0.930. The molecule has 5 nitrogen and oxygen atoms in total. The molecule has 1 aliphatic rings. The fourth-order valence-corrected chi connectivity index (χ4v) is 2.28. The Morgan fingerprint density at radius 1 is 1.33 bits per heavy atom. The van der Waals surface area contributed by atoms with Gasteiger partial charge in [-0.25, -0.2) is 4.79 Å². The Labute approximate surface area is 118 Å². The van der Waals surface area contributed by atoms with Gasteiger partial charge in [-0.15, -0.1) is 0 Å². The second kappa shape index (κ2) is 5.55. The quantitative estimate of drug-likeness (QED) is 0.790. The highest BCUT2D eigenvalue weighted by Crippen LogP contribution is 2.11. The highest BCUT2D eigenvalue weighted by molar-refractivity contribution is 14.1. The number of carbonyl (C=O) groups excluding carboxylic acids is 1. The van der Waals surface area contributed by atoms with E-state index in [9.17, 15) is 9.59 Å². The summed E-state index contributed by atoms with van der Waals surface area (Å²) in [4.78, 5) is 24.0. The van der Waals surface area contributed by atoms with Crippen LogP contribution in [0.15, 0.2) is 24.3 Å². The molecule has 0 bridgehead atoms. The molecule has 1 aromatic rings. The van der Waals surface area contributed by atoms with Crippen LogP contribution in [0.5, 0.6) is 0 Å². The van der Waals surface area contributed by atoms with Crippen molar-refractivity contribution in [2.45, 2.75) is 12.5 Å². The first-order valence-corrected chi connectivity index (χ1v) is 6.68.